The molecule has 1 aliphatic carbocycles. The van der Waals surface area contributed by atoms with Crippen LogP contribution in [0.1, 0.15) is 25.7 Å². The predicted octanol–water partition coefficient (Wildman–Crippen LogP) is 3.21. The average molecular weight is 429 g/mol. The molecule has 1 saturated carbocycles. The van der Waals surface area contributed by atoms with Crippen molar-refractivity contribution in [3.05, 3.63) is 41.6 Å². The first-order valence-corrected chi connectivity index (χ1v) is 10.6. The van der Waals surface area contributed by atoms with Crippen LogP contribution in [0.25, 0.3) is 0 Å². The molecule has 10 heteroatoms. The Morgan fingerprint density at radius 3 is 2.32 bits per heavy atom. The van der Waals surface area contributed by atoms with Gasteiger partial charge in [-0.3, -0.25) is 0 Å². The Kier molecular flexibility index (Phi) is 4.64. The maximum Gasteiger partial charge on any atom is 0.251 e. The Balaban J connectivity index is 1.38. The van der Waals surface area contributed by atoms with E-state index in [9.17, 15) is 8.42 Å². The number of alkyl halides is 1. The smallest absolute Gasteiger partial charge is 0.251 e. The third-order valence-electron chi connectivity index (χ3n) is 4.93. The number of benzene rings is 1. The Hall–Kier alpha value is -2.10. The van der Waals surface area contributed by atoms with E-state index >= 15 is 4.39 Å². The number of pyridine rings is 1. The minimum absolute atomic E-state index is 0.0489. The van der Waals surface area contributed by atoms with Crippen molar-refractivity contribution in [2.45, 2.75) is 42.0 Å². The number of fused-ring (bicyclic) bond motifs is 1. The van der Waals surface area contributed by atoms with Gasteiger partial charge in [0.05, 0.1) is 6.20 Å². The van der Waals surface area contributed by atoms with Crippen LogP contribution in [0.5, 0.6) is 17.4 Å². The first-order valence-electron chi connectivity index (χ1n) is 8.65. The molecule has 1 aliphatic heterocycles. The van der Waals surface area contributed by atoms with E-state index in [4.69, 9.17) is 31.0 Å². The predicted molar refractivity (Wildman–Crippen MR) is 98.9 cm³/mol. The molecule has 1 spiro atoms. The lowest BCUT2D eigenvalue weighted by Crippen LogP contribution is -2.48. The zero-order valence-corrected chi connectivity index (χ0v) is 16.3. The number of ether oxygens (including phenoxy) is 3. The molecule has 0 bridgehead atoms. The van der Waals surface area contributed by atoms with Gasteiger partial charge in [0.15, 0.2) is 11.5 Å². The number of rotatable bonds is 4. The summed E-state index contributed by atoms with van der Waals surface area (Å²) >= 11 is 5.98. The average Bonchev–Trinajstić information content (AvgIpc) is 3.01. The Morgan fingerprint density at radius 2 is 1.79 bits per heavy atom. The third-order valence-corrected chi connectivity index (χ3v) is 6.08. The van der Waals surface area contributed by atoms with E-state index in [1.807, 2.05) is 24.3 Å². The van der Waals surface area contributed by atoms with Gasteiger partial charge in [-0.2, -0.15) is 0 Å². The van der Waals surface area contributed by atoms with Gasteiger partial charge < -0.3 is 14.2 Å². The van der Waals surface area contributed by atoms with Crippen molar-refractivity contribution in [2.75, 3.05) is 6.61 Å². The number of hydrogen-bond donors (Lipinski definition) is 1. The van der Waals surface area contributed by atoms with Crippen LogP contribution >= 0.6 is 11.6 Å². The zero-order chi connectivity index (χ0) is 20.0. The normalized spacial score (nSPS) is 19.5. The van der Waals surface area contributed by atoms with Crippen molar-refractivity contribution < 1.29 is 27.0 Å². The van der Waals surface area contributed by atoms with Crippen molar-refractivity contribution in [1.82, 2.24) is 4.98 Å². The summed E-state index contributed by atoms with van der Waals surface area (Å²) in [7, 11) is -3.93. The van der Waals surface area contributed by atoms with Crippen LogP contribution in [0.2, 0.25) is 5.02 Å². The van der Waals surface area contributed by atoms with E-state index in [1.54, 1.807) is 0 Å². The molecule has 2 aliphatic rings. The molecule has 28 heavy (non-hydrogen) atoms. The van der Waals surface area contributed by atoms with Crippen molar-refractivity contribution in [1.29, 1.82) is 0 Å². The molecule has 2 heterocycles. The van der Waals surface area contributed by atoms with Gasteiger partial charge in [0.2, 0.25) is 15.9 Å². The quantitative estimate of drug-likeness (QED) is 0.802. The van der Waals surface area contributed by atoms with Gasteiger partial charge in [-0.05, 0) is 31.0 Å². The molecule has 4 rings (SSSR count). The molecule has 0 radical (unpaired) electrons. The van der Waals surface area contributed by atoms with Crippen molar-refractivity contribution in [3.63, 3.8) is 0 Å². The van der Waals surface area contributed by atoms with Gasteiger partial charge in [0.25, 0.3) is 5.79 Å². The molecule has 0 unspecified atom stereocenters. The Labute approximate surface area is 166 Å². The van der Waals surface area contributed by atoms with Crippen LogP contribution in [-0.4, -0.2) is 31.5 Å². The number of aromatic nitrogens is 1. The van der Waals surface area contributed by atoms with Gasteiger partial charge in [-0.15, -0.1) is 0 Å². The minimum atomic E-state index is -3.93. The molecule has 1 aromatic heterocycles. The summed E-state index contributed by atoms with van der Waals surface area (Å²) in [6.45, 7) is -0.266. The number of para-hydroxylation sites is 2. The molecule has 7 nitrogen and oxygen atoms in total. The Bertz CT molecular complexity index is 982. The van der Waals surface area contributed by atoms with Crippen LogP contribution in [0.4, 0.5) is 4.39 Å². The topological polar surface area (TPSA) is 101 Å². The second-order valence-electron chi connectivity index (χ2n) is 7.00. The summed E-state index contributed by atoms with van der Waals surface area (Å²) in [4.78, 5) is 3.59. The molecule has 2 aromatic rings. The van der Waals surface area contributed by atoms with Crippen LogP contribution < -0.4 is 19.3 Å². The maximum absolute atomic E-state index is 15.2. The van der Waals surface area contributed by atoms with Crippen LogP contribution in [0, 0.1) is 0 Å². The van der Waals surface area contributed by atoms with E-state index in [2.05, 4.69) is 4.98 Å². The lowest BCUT2D eigenvalue weighted by molar-refractivity contribution is -0.136. The summed E-state index contributed by atoms with van der Waals surface area (Å²) in [6, 6.07) is 8.48. The van der Waals surface area contributed by atoms with Gasteiger partial charge in [0, 0.05) is 12.8 Å². The lowest BCUT2D eigenvalue weighted by atomic mass is 9.83. The fourth-order valence-corrected chi connectivity index (χ4v) is 4.10. The summed E-state index contributed by atoms with van der Waals surface area (Å²) in [5, 5.41) is 4.97. The maximum atomic E-state index is 15.2. The number of hydrogen-bond acceptors (Lipinski definition) is 6. The Morgan fingerprint density at radius 1 is 1.18 bits per heavy atom. The number of nitrogens with two attached hydrogens (primary N) is 1. The summed E-state index contributed by atoms with van der Waals surface area (Å²) in [6.07, 6.45) is 2.11. The molecule has 0 amide bonds. The monoisotopic (exact) mass is 428 g/mol. The minimum Gasteiger partial charge on any atom is -0.473 e. The molecule has 150 valence electrons. The number of nitrogens with zero attached hydrogens (tertiary/aromatic N) is 1. The molecule has 1 aromatic carbocycles. The fraction of sp³-hybridized carbons (Fsp3) is 0.389. The highest BCUT2D eigenvalue weighted by molar-refractivity contribution is 7.89. The van der Waals surface area contributed by atoms with Crippen molar-refractivity contribution in [2.24, 2.45) is 5.14 Å². The van der Waals surface area contributed by atoms with E-state index in [0.717, 1.165) is 12.3 Å². The first kappa shape index (κ1) is 19.2. The van der Waals surface area contributed by atoms with E-state index in [0.29, 0.717) is 24.3 Å². The molecular weight excluding hydrogens is 411 g/mol. The number of sulfonamides is 1. The number of primary sulfonamides is 1. The van der Waals surface area contributed by atoms with Gasteiger partial charge in [-0.1, -0.05) is 23.7 Å². The summed E-state index contributed by atoms with van der Waals surface area (Å²) < 4.78 is 55.1. The van der Waals surface area contributed by atoms with Crippen molar-refractivity contribution >= 4 is 21.6 Å². The molecule has 0 saturated heterocycles. The molecule has 2 N–H and O–H groups in total. The highest BCUT2D eigenvalue weighted by Crippen LogP contribution is 2.48. The van der Waals surface area contributed by atoms with Crippen LogP contribution in [0.3, 0.4) is 0 Å². The second-order valence-corrected chi connectivity index (χ2v) is 8.97. The highest BCUT2D eigenvalue weighted by Gasteiger charge is 2.50. The molecular formula is C18H18ClFN2O5S. The number of halogens is 2. The van der Waals surface area contributed by atoms with Gasteiger partial charge in [-0.25, -0.2) is 22.9 Å². The molecule has 0 atom stereocenters. The zero-order valence-electron chi connectivity index (χ0n) is 14.7. The van der Waals surface area contributed by atoms with E-state index in [-0.39, 0.29) is 35.2 Å². The lowest BCUT2D eigenvalue weighted by Gasteiger charge is -2.38. The SMILES string of the molecule is NS(=O)(=O)c1cnc(OCC2(F)CCC3(CC2)Oc2ccccc2O3)c(Cl)c1. The fourth-order valence-electron chi connectivity index (χ4n) is 3.34. The van der Waals surface area contributed by atoms with E-state index < -0.39 is 21.5 Å². The molecule has 1 fully saturated rings. The summed E-state index contributed by atoms with van der Waals surface area (Å²) in [5.74, 6) is 0.436. The second kappa shape index (κ2) is 6.75. The standard InChI is InChI=1S/C18H18ClFN2O5S/c19-13-9-12(28(21,23)24)10-22-16(13)25-11-17(20)5-7-18(8-6-17)26-14-3-1-2-4-15(14)27-18/h1-4,9-10H,5-8,11H2,(H2,21,23,24). The first-order chi connectivity index (χ1) is 13.2. The van der Waals surface area contributed by atoms with Gasteiger partial charge >= 0.3 is 0 Å². The third kappa shape index (κ3) is 3.74. The van der Waals surface area contributed by atoms with E-state index in [1.165, 1.54) is 0 Å². The van der Waals surface area contributed by atoms with Crippen LogP contribution in [-0.2, 0) is 10.0 Å². The van der Waals surface area contributed by atoms with Gasteiger partial charge in [0.1, 0.15) is 22.2 Å². The largest absolute Gasteiger partial charge is 0.473 e. The summed E-state index contributed by atoms with van der Waals surface area (Å²) in [5.41, 5.74) is -1.60. The highest BCUT2D eigenvalue weighted by atomic mass is 35.5. The van der Waals surface area contributed by atoms with Crippen molar-refractivity contribution in [3.8, 4) is 17.4 Å². The van der Waals surface area contributed by atoms with Crippen LogP contribution in [0.15, 0.2) is 41.4 Å².